The molecule has 1 N–H and O–H groups in total. The van der Waals surface area contributed by atoms with Crippen LogP contribution in [0.5, 0.6) is 0 Å². The summed E-state index contributed by atoms with van der Waals surface area (Å²) in [5.74, 6) is -1.14. The number of carboxylic acid groups (broad SMARTS) is 1. The van der Waals surface area contributed by atoms with Crippen molar-refractivity contribution >= 4 is 41.0 Å². The molecule has 206 valence electrons. The molecule has 2 aromatic rings. The molecule has 8 nitrogen and oxygen atoms in total. The lowest BCUT2D eigenvalue weighted by molar-refractivity contribution is -0.143. The average Bonchev–Trinajstić information content (AvgIpc) is 2.92. The SMILES string of the molecule is CCCCCN(CCCCC)C(=O)N1CCN(C(=O)N(c2ccccc2)c2cccc(Cl)c2)[C@H](C(=O)O)C1. The maximum absolute atomic E-state index is 13.9. The number of amides is 4. The second-order valence-corrected chi connectivity index (χ2v) is 10.0. The lowest BCUT2D eigenvalue weighted by atomic mass is 10.1. The fourth-order valence-electron chi connectivity index (χ4n) is 4.70. The molecule has 1 saturated heterocycles. The number of aliphatic carboxylic acids is 1. The van der Waals surface area contributed by atoms with Crippen molar-refractivity contribution < 1.29 is 19.5 Å². The van der Waals surface area contributed by atoms with Crippen LogP contribution in [0.3, 0.4) is 0 Å². The maximum Gasteiger partial charge on any atom is 0.329 e. The van der Waals surface area contributed by atoms with Crippen molar-refractivity contribution in [2.75, 3.05) is 37.6 Å². The number of para-hydroxylation sites is 1. The van der Waals surface area contributed by atoms with Crippen LogP contribution in [0.2, 0.25) is 5.02 Å². The molecule has 0 aromatic heterocycles. The number of carbonyl (C=O) groups is 3. The molecule has 1 atom stereocenters. The number of carbonyl (C=O) groups excluding carboxylic acids is 2. The molecule has 38 heavy (non-hydrogen) atoms. The predicted molar refractivity (Wildman–Crippen MR) is 151 cm³/mol. The second kappa shape index (κ2) is 14.6. The minimum Gasteiger partial charge on any atom is -0.480 e. The van der Waals surface area contributed by atoms with Gasteiger partial charge in [0.1, 0.15) is 6.04 Å². The summed E-state index contributed by atoms with van der Waals surface area (Å²) in [5.41, 5.74) is 1.13. The highest BCUT2D eigenvalue weighted by Gasteiger charge is 2.40. The zero-order valence-electron chi connectivity index (χ0n) is 22.4. The first-order valence-corrected chi connectivity index (χ1v) is 13.9. The van der Waals surface area contributed by atoms with E-state index in [4.69, 9.17) is 11.6 Å². The fraction of sp³-hybridized carbons (Fsp3) is 0.483. The van der Waals surface area contributed by atoms with Gasteiger partial charge in [-0.15, -0.1) is 0 Å². The Morgan fingerprint density at radius 2 is 1.50 bits per heavy atom. The number of hydrogen-bond acceptors (Lipinski definition) is 3. The first kappa shape index (κ1) is 29.3. The first-order chi connectivity index (χ1) is 18.4. The smallest absolute Gasteiger partial charge is 0.329 e. The Hall–Kier alpha value is -3.26. The Labute approximate surface area is 230 Å². The predicted octanol–water partition coefficient (Wildman–Crippen LogP) is 6.47. The number of hydrogen-bond donors (Lipinski definition) is 1. The Balaban J connectivity index is 1.82. The zero-order chi connectivity index (χ0) is 27.5. The molecule has 2 aromatic carbocycles. The van der Waals surface area contributed by atoms with Crippen LogP contribution < -0.4 is 4.90 Å². The molecule has 3 rings (SSSR count). The normalized spacial score (nSPS) is 15.3. The van der Waals surface area contributed by atoms with Gasteiger partial charge in [0.2, 0.25) is 0 Å². The summed E-state index contributed by atoms with van der Waals surface area (Å²) in [6, 6.07) is 14.2. The van der Waals surface area contributed by atoms with Crippen molar-refractivity contribution in [2.24, 2.45) is 0 Å². The van der Waals surface area contributed by atoms with Gasteiger partial charge in [0.25, 0.3) is 0 Å². The van der Waals surface area contributed by atoms with E-state index in [0.29, 0.717) is 29.5 Å². The maximum atomic E-state index is 13.9. The van der Waals surface area contributed by atoms with E-state index in [1.807, 2.05) is 23.1 Å². The molecule has 9 heteroatoms. The lowest BCUT2D eigenvalue weighted by Crippen LogP contribution is -2.62. The molecule has 0 radical (unpaired) electrons. The highest BCUT2D eigenvalue weighted by molar-refractivity contribution is 6.31. The summed E-state index contributed by atoms with van der Waals surface area (Å²) >= 11 is 6.23. The van der Waals surface area contributed by atoms with Crippen molar-refractivity contribution in [1.82, 2.24) is 14.7 Å². The van der Waals surface area contributed by atoms with E-state index < -0.39 is 18.0 Å². The van der Waals surface area contributed by atoms with E-state index in [0.717, 1.165) is 38.5 Å². The number of carboxylic acids is 1. The monoisotopic (exact) mass is 542 g/mol. The van der Waals surface area contributed by atoms with Crippen LogP contribution in [0.1, 0.15) is 52.4 Å². The molecule has 0 spiro atoms. The van der Waals surface area contributed by atoms with Crippen molar-refractivity contribution in [3.8, 4) is 0 Å². The van der Waals surface area contributed by atoms with Gasteiger partial charge < -0.3 is 19.8 Å². The minimum atomic E-state index is -1.17. The Morgan fingerprint density at radius 3 is 2.08 bits per heavy atom. The minimum absolute atomic E-state index is 0.0594. The number of halogens is 1. The van der Waals surface area contributed by atoms with Gasteiger partial charge in [0, 0.05) is 31.2 Å². The number of rotatable bonds is 11. The van der Waals surface area contributed by atoms with E-state index >= 15 is 0 Å². The number of unbranched alkanes of at least 4 members (excludes halogenated alkanes) is 4. The molecule has 1 aliphatic heterocycles. The Morgan fingerprint density at radius 1 is 0.868 bits per heavy atom. The van der Waals surface area contributed by atoms with Crippen molar-refractivity contribution in [3.05, 3.63) is 59.6 Å². The first-order valence-electron chi connectivity index (χ1n) is 13.5. The van der Waals surface area contributed by atoms with E-state index in [9.17, 15) is 19.5 Å². The number of piperazine rings is 1. The molecule has 1 fully saturated rings. The fourth-order valence-corrected chi connectivity index (χ4v) is 4.88. The van der Waals surface area contributed by atoms with E-state index in [1.54, 1.807) is 41.3 Å². The summed E-state index contributed by atoms with van der Waals surface area (Å²) in [6.07, 6.45) is 6.03. The van der Waals surface area contributed by atoms with Gasteiger partial charge in [-0.3, -0.25) is 4.90 Å². The van der Waals surface area contributed by atoms with Crippen LogP contribution in [0.4, 0.5) is 21.0 Å². The quantitative estimate of drug-likeness (QED) is 0.330. The largest absolute Gasteiger partial charge is 0.480 e. The molecule has 0 aliphatic carbocycles. The highest BCUT2D eigenvalue weighted by Crippen LogP contribution is 2.30. The van der Waals surface area contributed by atoms with Crippen LogP contribution in [0.25, 0.3) is 0 Å². The van der Waals surface area contributed by atoms with Crippen LogP contribution in [-0.4, -0.2) is 76.6 Å². The van der Waals surface area contributed by atoms with Gasteiger partial charge in [-0.1, -0.05) is 75.4 Å². The third kappa shape index (κ3) is 7.63. The third-order valence-electron chi connectivity index (χ3n) is 6.79. The van der Waals surface area contributed by atoms with Crippen LogP contribution >= 0.6 is 11.6 Å². The molecular formula is C29H39ClN4O4. The van der Waals surface area contributed by atoms with Gasteiger partial charge in [-0.05, 0) is 43.2 Å². The van der Waals surface area contributed by atoms with Gasteiger partial charge in [-0.25, -0.2) is 14.4 Å². The number of anilines is 2. The Bertz CT molecular complexity index is 1060. The summed E-state index contributed by atoms with van der Waals surface area (Å²) in [6.45, 7) is 5.88. The summed E-state index contributed by atoms with van der Waals surface area (Å²) in [4.78, 5) is 46.0. The summed E-state index contributed by atoms with van der Waals surface area (Å²) in [5, 5.41) is 10.6. The number of nitrogens with zero attached hydrogens (tertiary/aromatic N) is 4. The number of urea groups is 2. The molecule has 4 amide bonds. The molecule has 1 heterocycles. The summed E-state index contributed by atoms with van der Waals surface area (Å²) in [7, 11) is 0. The molecule has 1 aliphatic rings. The van der Waals surface area contributed by atoms with E-state index in [1.165, 1.54) is 9.80 Å². The van der Waals surface area contributed by atoms with Crippen LogP contribution in [-0.2, 0) is 4.79 Å². The van der Waals surface area contributed by atoms with Crippen molar-refractivity contribution in [3.63, 3.8) is 0 Å². The van der Waals surface area contributed by atoms with Crippen LogP contribution in [0.15, 0.2) is 54.6 Å². The molecular weight excluding hydrogens is 504 g/mol. The highest BCUT2D eigenvalue weighted by atomic mass is 35.5. The summed E-state index contributed by atoms with van der Waals surface area (Å²) < 4.78 is 0. The number of benzene rings is 2. The molecule has 0 bridgehead atoms. The molecule has 0 unspecified atom stereocenters. The van der Waals surface area contributed by atoms with Gasteiger partial charge in [0.05, 0.1) is 17.9 Å². The van der Waals surface area contributed by atoms with Gasteiger partial charge in [-0.2, -0.15) is 0 Å². The Kier molecular flexibility index (Phi) is 11.3. The molecule has 0 saturated carbocycles. The van der Waals surface area contributed by atoms with E-state index in [2.05, 4.69) is 13.8 Å². The topological polar surface area (TPSA) is 84.4 Å². The van der Waals surface area contributed by atoms with Crippen molar-refractivity contribution in [2.45, 2.75) is 58.4 Å². The third-order valence-corrected chi connectivity index (χ3v) is 7.02. The second-order valence-electron chi connectivity index (χ2n) is 9.61. The van der Waals surface area contributed by atoms with E-state index in [-0.39, 0.29) is 25.7 Å². The van der Waals surface area contributed by atoms with Crippen LogP contribution in [0, 0.1) is 0 Å². The zero-order valence-corrected chi connectivity index (χ0v) is 23.1. The lowest BCUT2D eigenvalue weighted by Gasteiger charge is -2.42. The standard InChI is InChI=1S/C29H39ClN4O4/c1-3-5-10-17-31(18-11-6-4-2)28(37)32-19-20-33(26(22-32)27(35)36)29(38)34(24-14-8-7-9-15-24)25-16-12-13-23(30)21-25/h7-9,12-16,21,26H,3-6,10-11,17-20,22H2,1-2H3,(H,35,36)/t26-/m0/s1. The van der Waals surface area contributed by atoms with Gasteiger partial charge in [0.15, 0.2) is 0 Å². The average molecular weight is 543 g/mol. The van der Waals surface area contributed by atoms with Crippen molar-refractivity contribution in [1.29, 1.82) is 0 Å². The van der Waals surface area contributed by atoms with Gasteiger partial charge >= 0.3 is 18.0 Å².